The summed E-state index contributed by atoms with van der Waals surface area (Å²) in [4.78, 5) is 12.1. The molecule has 0 radical (unpaired) electrons. The number of benzene rings is 1. The van der Waals surface area contributed by atoms with Crippen molar-refractivity contribution in [3.05, 3.63) is 28.2 Å². The first-order valence-corrected chi connectivity index (χ1v) is 8.18. The molecule has 1 amide bonds. The maximum Gasteiger partial charge on any atom is 0.251 e. The fourth-order valence-electron chi connectivity index (χ4n) is 3.06. The minimum Gasteiger partial charge on any atom is -0.399 e. The highest BCUT2D eigenvalue weighted by molar-refractivity contribution is 9.10. The van der Waals surface area contributed by atoms with Gasteiger partial charge in [-0.3, -0.25) is 4.79 Å². The topological polar surface area (TPSA) is 55.1 Å². The summed E-state index contributed by atoms with van der Waals surface area (Å²) < 4.78 is 0.837. The standard InChI is InChI=1S/C16H23BrN2O/c1-11-3-2-4-12(7-11)5-6-19-16(20)13-8-14(17)10-15(18)9-13/h8-12H,2-7,18H2,1H3,(H,19,20). The number of hydrogen-bond acceptors (Lipinski definition) is 2. The Bertz CT molecular complexity index is 455. The van der Waals surface area contributed by atoms with E-state index in [1.54, 1.807) is 18.2 Å². The number of halogens is 1. The molecule has 1 fully saturated rings. The van der Waals surface area contributed by atoms with E-state index in [1.807, 2.05) is 0 Å². The Hall–Kier alpha value is -1.03. The van der Waals surface area contributed by atoms with Gasteiger partial charge in [-0.15, -0.1) is 0 Å². The number of carbonyl (C=O) groups excluding carboxylic acids is 1. The number of hydrogen-bond donors (Lipinski definition) is 2. The predicted molar refractivity (Wildman–Crippen MR) is 86.6 cm³/mol. The van der Waals surface area contributed by atoms with Crippen LogP contribution in [0.1, 0.15) is 49.4 Å². The number of nitrogen functional groups attached to an aromatic ring is 1. The van der Waals surface area contributed by atoms with Crippen LogP contribution >= 0.6 is 15.9 Å². The van der Waals surface area contributed by atoms with Gasteiger partial charge >= 0.3 is 0 Å². The molecule has 110 valence electrons. The van der Waals surface area contributed by atoms with Gasteiger partial charge in [0.2, 0.25) is 0 Å². The van der Waals surface area contributed by atoms with E-state index >= 15 is 0 Å². The third kappa shape index (κ3) is 4.51. The Labute approximate surface area is 129 Å². The van der Waals surface area contributed by atoms with E-state index in [0.717, 1.165) is 29.3 Å². The van der Waals surface area contributed by atoms with E-state index < -0.39 is 0 Å². The molecule has 0 heterocycles. The van der Waals surface area contributed by atoms with Gasteiger partial charge in [-0.05, 0) is 42.9 Å². The van der Waals surface area contributed by atoms with Gasteiger partial charge in [0.05, 0.1) is 0 Å². The van der Waals surface area contributed by atoms with Crippen LogP contribution in [0.5, 0.6) is 0 Å². The van der Waals surface area contributed by atoms with Crippen molar-refractivity contribution in [1.82, 2.24) is 5.32 Å². The zero-order valence-corrected chi connectivity index (χ0v) is 13.6. The highest BCUT2D eigenvalue weighted by Gasteiger charge is 2.18. The summed E-state index contributed by atoms with van der Waals surface area (Å²) in [6.45, 7) is 3.08. The van der Waals surface area contributed by atoms with E-state index in [1.165, 1.54) is 25.7 Å². The minimum absolute atomic E-state index is 0.0399. The van der Waals surface area contributed by atoms with Crippen LogP contribution in [-0.4, -0.2) is 12.5 Å². The van der Waals surface area contributed by atoms with Crippen molar-refractivity contribution >= 4 is 27.5 Å². The van der Waals surface area contributed by atoms with Crippen LogP contribution < -0.4 is 11.1 Å². The summed E-state index contributed by atoms with van der Waals surface area (Å²) in [5.74, 6) is 1.57. The van der Waals surface area contributed by atoms with Crippen LogP contribution in [0.4, 0.5) is 5.69 Å². The van der Waals surface area contributed by atoms with Crippen LogP contribution in [0.2, 0.25) is 0 Å². The summed E-state index contributed by atoms with van der Waals surface area (Å²) in [5.41, 5.74) is 6.97. The van der Waals surface area contributed by atoms with Crippen LogP contribution in [0.25, 0.3) is 0 Å². The number of anilines is 1. The van der Waals surface area contributed by atoms with Crippen molar-refractivity contribution in [2.45, 2.75) is 39.0 Å². The summed E-state index contributed by atoms with van der Waals surface area (Å²) in [7, 11) is 0. The second-order valence-electron chi connectivity index (χ2n) is 5.96. The number of nitrogens with two attached hydrogens (primary N) is 1. The molecule has 0 aliphatic heterocycles. The number of carbonyl (C=O) groups is 1. The molecule has 3 N–H and O–H groups in total. The summed E-state index contributed by atoms with van der Waals surface area (Å²) in [6.07, 6.45) is 6.39. The lowest BCUT2D eigenvalue weighted by atomic mass is 9.81. The average Bonchev–Trinajstić information content (AvgIpc) is 2.37. The molecule has 3 nitrogen and oxygen atoms in total. The lowest BCUT2D eigenvalue weighted by molar-refractivity contribution is 0.0949. The second-order valence-corrected chi connectivity index (χ2v) is 6.87. The summed E-state index contributed by atoms with van der Waals surface area (Å²) >= 11 is 3.36. The lowest BCUT2D eigenvalue weighted by Crippen LogP contribution is -2.27. The molecule has 0 aromatic heterocycles. The average molecular weight is 339 g/mol. The van der Waals surface area contributed by atoms with Gasteiger partial charge in [-0.2, -0.15) is 0 Å². The summed E-state index contributed by atoms with van der Waals surface area (Å²) in [6, 6.07) is 5.30. The van der Waals surface area contributed by atoms with Crippen LogP contribution in [0.3, 0.4) is 0 Å². The van der Waals surface area contributed by atoms with Crippen molar-refractivity contribution in [2.24, 2.45) is 11.8 Å². The van der Waals surface area contributed by atoms with E-state index in [9.17, 15) is 4.79 Å². The molecular weight excluding hydrogens is 316 g/mol. The van der Waals surface area contributed by atoms with E-state index in [2.05, 4.69) is 28.2 Å². The Balaban J connectivity index is 1.80. The SMILES string of the molecule is CC1CCCC(CCNC(=O)c2cc(N)cc(Br)c2)C1. The van der Waals surface area contributed by atoms with Crippen molar-refractivity contribution < 1.29 is 4.79 Å². The van der Waals surface area contributed by atoms with Gasteiger partial charge in [-0.1, -0.05) is 42.1 Å². The molecule has 1 aliphatic carbocycles. The number of amides is 1. The molecule has 20 heavy (non-hydrogen) atoms. The smallest absolute Gasteiger partial charge is 0.251 e. The molecule has 0 spiro atoms. The molecule has 0 saturated heterocycles. The van der Waals surface area contributed by atoms with Crippen molar-refractivity contribution in [3.8, 4) is 0 Å². The quantitative estimate of drug-likeness (QED) is 0.816. The molecule has 1 saturated carbocycles. The maximum atomic E-state index is 12.1. The molecule has 2 atom stereocenters. The molecular formula is C16H23BrN2O. The van der Waals surface area contributed by atoms with Gasteiger partial charge < -0.3 is 11.1 Å². The zero-order valence-electron chi connectivity index (χ0n) is 12.0. The normalized spacial score (nSPS) is 22.5. The van der Waals surface area contributed by atoms with Gasteiger partial charge in [0.1, 0.15) is 0 Å². The van der Waals surface area contributed by atoms with Gasteiger partial charge in [-0.25, -0.2) is 0 Å². The van der Waals surface area contributed by atoms with Gasteiger partial charge in [0.15, 0.2) is 0 Å². The summed E-state index contributed by atoms with van der Waals surface area (Å²) in [5, 5.41) is 3.00. The van der Waals surface area contributed by atoms with Crippen LogP contribution in [-0.2, 0) is 0 Å². The highest BCUT2D eigenvalue weighted by Crippen LogP contribution is 2.30. The largest absolute Gasteiger partial charge is 0.399 e. The van der Waals surface area contributed by atoms with Crippen molar-refractivity contribution in [3.63, 3.8) is 0 Å². The van der Waals surface area contributed by atoms with Gasteiger partial charge in [0, 0.05) is 22.3 Å². The molecule has 2 rings (SSSR count). The number of rotatable bonds is 4. The first kappa shape index (κ1) is 15.4. The molecule has 1 aliphatic rings. The highest BCUT2D eigenvalue weighted by atomic mass is 79.9. The third-order valence-corrected chi connectivity index (χ3v) is 4.52. The van der Waals surface area contributed by atoms with E-state index in [-0.39, 0.29) is 5.91 Å². The fraction of sp³-hybridized carbons (Fsp3) is 0.562. The van der Waals surface area contributed by atoms with E-state index in [0.29, 0.717) is 11.3 Å². The minimum atomic E-state index is -0.0399. The van der Waals surface area contributed by atoms with E-state index in [4.69, 9.17) is 5.73 Å². The number of nitrogens with one attached hydrogen (secondary N) is 1. The fourth-order valence-corrected chi connectivity index (χ4v) is 3.57. The van der Waals surface area contributed by atoms with Crippen molar-refractivity contribution in [2.75, 3.05) is 12.3 Å². The van der Waals surface area contributed by atoms with Crippen LogP contribution in [0.15, 0.2) is 22.7 Å². The Morgan fingerprint density at radius 2 is 2.20 bits per heavy atom. The van der Waals surface area contributed by atoms with Crippen LogP contribution in [0, 0.1) is 11.8 Å². The molecule has 2 unspecified atom stereocenters. The maximum absolute atomic E-state index is 12.1. The van der Waals surface area contributed by atoms with Crippen molar-refractivity contribution in [1.29, 1.82) is 0 Å². The zero-order chi connectivity index (χ0) is 14.5. The molecule has 1 aromatic carbocycles. The van der Waals surface area contributed by atoms with Gasteiger partial charge in [0.25, 0.3) is 5.91 Å². The monoisotopic (exact) mass is 338 g/mol. The predicted octanol–water partition coefficient (Wildman–Crippen LogP) is 3.98. The molecule has 0 bridgehead atoms. The Morgan fingerprint density at radius 1 is 1.40 bits per heavy atom. The first-order valence-electron chi connectivity index (χ1n) is 7.39. The third-order valence-electron chi connectivity index (χ3n) is 4.07. The first-order chi connectivity index (χ1) is 9.54. The molecule has 4 heteroatoms. The lowest BCUT2D eigenvalue weighted by Gasteiger charge is -2.26. The second kappa shape index (κ2) is 7.11. The Morgan fingerprint density at radius 3 is 2.90 bits per heavy atom. The Kier molecular flexibility index (Phi) is 5.46. The molecule has 1 aromatic rings.